The molecule has 0 aromatic heterocycles. The zero-order valence-electron chi connectivity index (χ0n) is 11.9. The summed E-state index contributed by atoms with van der Waals surface area (Å²) in [5.74, 6) is 1.91. The van der Waals surface area contributed by atoms with E-state index in [9.17, 15) is 0 Å². The average Bonchev–Trinajstić information content (AvgIpc) is 2.47. The van der Waals surface area contributed by atoms with E-state index < -0.39 is 0 Å². The second-order valence-corrected chi connectivity index (χ2v) is 5.71. The molecule has 0 aliphatic rings. The van der Waals surface area contributed by atoms with Crippen molar-refractivity contribution in [3.8, 4) is 17.2 Å². The Morgan fingerprint density at radius 2 is 1.95 bits per heavy atom. The van der Waals surface area contributed by atoms with Crippen LogP contribution in [-0.4, -0.2) is 12.1 Å². The summed E-state index contributed by atoms with van der Waals surface area (Å²) < 4.78 is 12.1. The summed E-state index contributed by atoms with van der Waals surface area (Å²) in [6, 6.07) is 11.4. The predicted octanol–water partition coefficient (Wildman–Crippen LogP) is 4.45. The minimum absolute atomic E-state index is 0.279. The van der Waals surface area contributed by atoms with Gasteiger partial charge >= 0.3 is 0 Å². The first-order valence-electron chi connectivity index (χ1n) is 6.50. The first-order chi connectivity index (χ1) is 10.1. The lowest BCUT2D eigenvalue weighted by molar-refractivity contribution is 0.378. The number of ether oxygens (including phenoxy) is 2. The molecule has 5 heteroatoms. The van der Waals surface area contributed by atoms with E-state index in [1.54, 1.807) is 7.11 Å². The highest BCUT2D eigenvalue weighted by molar-refractivity contribution is 9.10. The van der Waals surface area contributed by atoms with E-state index >= 15 is 0 Å². The molecule has 21 heavy (non-hydrogen) atoms. The van der Waals surface area contributed by atoms with Crippen LogP contribution in [0.1, 0.15) is 18.1 Å². The standard InChI is InChI=1S/C16H16BrNO2S/c1-3-10-7-8-12(14(9-10)19-2)20-13-6-4-5-11(17)15(13)16(18)21/h4-9H,3H2,1-2H3,(H2,18,21). The van der Waals surface area contributed by atoms with Crippen molar-refractivity contribution < 1.29 is 9.47 Å². The zero-order valence-corrected chi connectivity index (χ0v) is 14.3. The van der Waals surface area contributed by atoms with Crippen molar-refractivity contribution in [1.29, 1.82) is 0 Å². The van der Waals surface area contributed by atoms with Gasteiger partial charge in [-0.1, -0.05) is 31.3 Å². The number of thiocarbonyl (C=S) groups is 1. The molecule has 0 saturated heterocycles. The van der Waals surface area contributed by atoms with Crippen molar-refractivity contribution in [3.05, 3.63) is 52.0 Å². The Morgan fingerprint density at radius 1 is 1.19 bits per heavy atom. The number of halogens is 1. The molecule has 0 heterocycles. The normalized spacial score (nSPS) is 10.2. The van der Waals surface area contributed by atoms with Gasteiger partial charge in [0.15, 0.2) is 11.5 Å². The van der Waals surface area contributed by atoms with E-state index in [1.807, 2.05) is 36.4 Å². The van der Waals surface area contributed by atoms with Crippen LogP contribution in [0.2, 0.25) is 0 Å². The molecule has 2 aromatic carbocycles. The van der Waals surface area contributed by atoms with Gasteiger partial charge in [-0.15, -0.1) is 0 Å². The van der Waals surface area contributed by atoms with Gasteiger partial charge in [0.1, 0.15) is 10.7 Å². The van der Waals surface area contributed by atoms with Crippen molar-refractivity contribution in [2.75, 3.05) is 7.11 Å². The Bertz CT molecular complexity index is 673. The first kappa shape index (κ1) is 15.8. The van der Waals surface area contributed by atoms with Gasteiger partial charge in [-0.05, 0) is 52.2 Å². The molecule has 0 aliphatic heterocycles. The zero-order chi connectivity index (χ0) is 15.4. The smallest absolute Gasteiger partial charge is 0.169 e. The minimum atomic E-state index is 0.279. The second kappa shape index (κ2) is 6.91. The molecule has 0 radical (unpaired) electrons. The molecule has 2 aromatic rings. The fourth-order valence-electron chi connectivity index (χ4n) is 1.96. The lowest BCUT2D eigenvalue weighted by Gasteiger charge is -2.14. The third-order valence-electron chi connectivity index (χ3n) is 3.08. The van der Waals surface area contributed by atoms with Crippen LogP contribution in [0.4, 0.5) is 0 Å². The van der Waals surface area contributed by atoms with Gasteiger partial charge in [0.25, 0.3) is 0 Å². The lowest BCUT2D eigenvalue weighted by Crippen LogP contribution is -2.11. The van der Waals surface area contributed by atoms with Crippen molar-refractivity contribution >= 4 is 33.1 Å². The van der Waals surface area contributed by atoms with Crippen molar-refractivity contribution in [1.82, 2.24) is 0 Å². The van der Waals surface area contributed by atoms with Crippen molar-refractivity contribution in [2.45, 2.75) is 13.3 Å². The number of aryl methyl sites for hydroxylation is 1. The van der Waals surface area contributed by atoms with E-state index in [1.165, 1.54) is 5.56 Å². The van der Waals surface area contributed by atoms with Crippen LogP contribution in [0, 0.1) is 0 Å². The maximum atomic E-state index is 5.95. The Morgan fingerprint density at radius 3 is 2.57 bits per heavy atom. The number of hydrogen-bond donors (Lipinski definition) is 1. The largest absolute Gasteiger partial charge is 0.493 e. The van der Waals surface area contributed by atoms with E-state index in [4.69, 9.17) is 27.4 Å². The second-order valence-electron chi connectivity index (χ2n) is 4.42. The molecule has 0 aliphatic carbocycles. The SMILES string of the molecule is CCc1ccc(Oc2cccc(Br)c2C(N)=S)c(OC)c1. The number of rotatable bonds is 5. The molecule has 0 amide bonds. The Kier molecular flexibility index (Phi) is 5.20. The summed E-state index contributed by atoms with van der Waals surface area (Å²) >= 11 is 8.53. The van der Waals surface area contributed by atoms with Gasteiger partial charge in [0.05, 0.1) is 12.7 Å². The summed E-state index contributed by atoms with van der Waals surface area (Å²) in [6.45, 7) is 2.09. The molecule has 0 unspecified atom stereocenters. The van der Waals surface area contributed by atoms with Gasteiger partial charge < -0.3 is 15.2 Å². The number of methoxy groups -OCH3 is 1. The molecule has 0 bridgehead atoms. The quantitative estimate of drug-likeness (QED) is 0.795. The highest BCUT2D eigenvalue weighted by Gasteiger charge is 2.14. The maximum absolute atomic E-state index is 5.95. The minimum Gasteiger partial charge on any atom is -0.493 e. The average molecular weight is 366 g/mol. The number of hydrogen-bond acceptors (Lipinski definition) is 3. The monoisotopic (exact) mass is 365 g/mol. The van der Waals surface area contributed by atoms with Crippen LogP contribution in [-0.2, 0) is 6.42 Å². The van der Waals surface area contributed by atoms with E-state index in [2.05, 4.69) is 22.9 Å². The van der Waals surface area contributed by atoms with Gasteiger partial charge in [-0.2, -0.15) is 0 Å². The van der Waals surface area contributed by atoms with Crippen LogP contribution in [0.25, 0.3) is 0 Å². The van der Waals surface area contributed by atoms with E-state index in [0.717, 1.165) is 10.9 Å². The highest BCUT2D eigenvalue weighted by atomic mass is 79.9. The maximum Gasteiger partial charge on any atom is 0.169 e. The molecule has 2 N–H and O–H groups in total. The van der Waals surface area contributed by atoms with E-state index in [-0.39, 0.29) is 4.99 Å². The highest BCUT2D eigenvalue weighted by Crippen LogP contribution is 2.36. The summed E-state index contributed by atoms with van der Waals surface area (Å²) in [7, 11) is 1.62. The molecule has 0 spiro atoms. The van der Waals surface area contributed by atoms with E-state index in [0.29, 0.717) is 22.8 Å². The summed E-state index contributed by atoms with van der Waals surface area (Å²) in [5.41, 5.74) is 7.63. The van der Waals surface area contributed by atoms with Gasteiger partial charge in [-0.25, -0.2) is 0 Å². The third-order valence-corrected chi connectivity index (χ3v) is 3.94. The van der Waals surface area contributed by atoms with Crippen LogP contribution in [0.5, 0.6) is 17.2 Å². The number of nitrogens with two attached hydrogens (primary N) is 1. The molecule has 3 nitrogen and oxygen atoms in total. The Labute approximate surface area is 138 Å². The molecule has 0 saturated carbocycles. The molecule has 110 valence electrons. The first-order valence-corrected chi connectivity index (χ1v) is 7.70. The van der Waals surface area contributed by atoms with Crippen molar-refractivity contribution in [3.63, 3.8) is 0 Å². The summed E-state index contributed by atoms with van der Waals surface area (Å²) in [6.07, 6.45) is 0.936. The van der Waals surface area contributed by atoms with Crippen molar-refractivity contribution in [2.24, 2.45) is 5.73 Å². The fraction of sp³-hybridized carbons (Fsp3) is 0.188. The molecule has 0 atom stereocenters. The van der Waals surface area contributed by atoms with Gasteiger partial charge in [0.2, 0.25) is 0 Å². The molecule has 2 rings (SSSR count). The topological polar surface area (TPSA) is 44.5 Å². The molecular weight excluding hydrogens is 350 g/mol. The number of benzene rings is 2. The van der Waals surface area contributed by atoms with Crippen LogP contribution in [0.3, 0.4) is 0 Å². The van der Waals surface area contributed by atoms with Crippen LogP contribution >= 0.6 is 28.1 Å². The lowest BCUT2D eigenvalue weighted by atomic mass is 10.1. The predicted molar refractivity (Wildman–Crippen MR) is 92.5 cm³/mol. The van der Waals surface area contributed by atoms with Crippen LogP contribution < -0.4 is 15.2 Å². The van der Waals surface area contributed by atoms with Gasteiger partial charge in [0, 0.05) is 4.47 Å². The Hall–Kier alpha value is -1.59. The summed E-state index contributed by atoms with van der Waals surface area (Å²) in [4.78, 5) is 0.279. The van der Waals surface area contributed by atoms with Gasteiger partial charge in [-0.3, -0.25) is 0 Å². The van der Waals surface area contributed by atoms with Crippen LogP contribution in [0.15, 0.2) is 40.9 Å². The third kappa shape index (κ3) is 3.54. The summed E-state index contributed by atoms with van der Waals surface area (Å²) in [5, 5.41) is 0. The molecule has 0 fully saturated rings. The Balaban J connectivity index is 2.43. The fourth-order valence-corrected chi connectivity index (χ4v) is 2.87. The molecular formula is C16H16BrNO2S.